The van der Waals surface area contributed by atoms with Gasteiger partial charge in [-0.3, -0.25) is 14.4 Å². The molecule has 3 rings (SSSR count). The topological polar surface area (TPSA) is 95.5 Å². The number of carboxylic acid groups (broad SMARTS) is 1. The van der Waals surface area contributed by atoms with Crippen molar-refractivity contribution in [2.24, 2.45) is 0 Å². The van der Waals surface area contributed by atoms with E-state index in [2.05, 4.69) is 10.6 Å². The van der Waals surface area contributed by atoms with E-state index in [-0.39, 0.29) is 31.1 Å². The van der Waals surface area contributed by atoms with Gasteiger partial charge in [0.15, 0.2) is 0 Å². The standard InChI is InChI=1S/C24H24N2O4/c27-22(11-6-12-23(28)29)26-21(15-17-7-2-1-3-8-17)24(30)25-20-14-13-18-9-4-5-10-19(18)16-20/h1-5,7-10,13-14,16,21H,6,11-12,15H2,(H,25,30)(H,26,27)(H,28,29). The Kier molecular flexibility index (Phi) is 7.16. The van der Waals surface area contributed by atoms with Gasteiger partial charge >= 0.3 is 5.97 Å². The minimum absolute atomic E-state index is 0.0564. The summed E-state index contributed by atoms with van der Waals surface area (Å²) in [6, 6.07) is 22.2. The second-order valence-corrected chi connectivity index (χ2v) is 7.11. The van der Waals surface area contributed by atoms with Crippen molar-refractivity contribution in [3.63, 3.8) is 0 Å². The molecular formula is C24H24N2O4. The van der Waals surface area contributed by atoms with Crippen LogP contribution in [0, 0.1) is 0 Å². The molecule has 1 atom stereocenters. The number of amides is 2. The van der Waals surface area contributed by atoms with E-state index in [0.29, 0.717) is 12.1 Å². The van der Waals surface area contributed by atoms with Crippen molar-refractivity contribution < 1.29 is 19.5 Å². The van der Waals surface area contributed by atoms with Crippen LogP contribution < -0.4 is 10.6 Å². The molecule has 3 aromatic carbocycles. The number of hydrogen-bond donors (Lipinski definition) is 3. The van der Waals surface area contributed by atoms with E-state index >= 15 is 0 Å². The van der Waals surface area contributed by atoms with Gasteiger partial charge in [-0.1, -0.05) is 60.7 Å². The number of carbonyl (C=O) groups is 3. The lowest BCUT2D eigenvalue weighted by atomic mass is 10.0. The lowest BCUT2D eigenvalue weighted by Gasteiger charge is -2.19. The van der Waals surface area contributed by atoms with E-state index in [9.17, 15) is 14.4 Å². The summed E-state index contributed by atoms with van der Waals surface area (Å²) in [5.74, 6) is -1.61. The molecule has 154 valence electrons. The summed E-state index contributed by atoms with van der Waals surface area (Å²) in [5, 5.41) is 16.5. The number of aliphatic carboxylic acids is 1. The predicted octanol–water partition coefficient (Wildman–Crippen LogP) is 3.76. The lowest BCUT2D eigenvalue weighted by Crippen LogP contribution is -2.45. The zero-order chi connectivity index (χ0) is 21.3. The Morgan fingerprint density at radius 1 is 0.833 bits per heavy atom. The third kappa shape index (κ3) is 6.17. The maximum Gasteiger partial charge on any atom is 0.303 e. The highest BCUT2D eigenvalue weighted by atomic mass is 16.4. The molecular weight excluding hydrogens is 380 g/mol. The minimum atomic E-state index is -0.947. The summed E-state index contributed by atoms with van der Waals surface area (Å²) in [4.78, 5) is 35.9. The first-order chi connectivity index (χ1) is 14.5. The van der Waals surface area contributed by atoms with E-state index < -0.39 is 12.0 Å². The maximum absolute atomic E-state index is 13.0. The number of anilines is 1. The lowest BCUT2D eigenvalue weighted by molar-refractivity contribution is -0.137. The fourth-order valence-corrected chi connectivity index (χ4v) is 3.22. The van der Waals surface area contributed by atoms with E-state index in [4.69, 9.17) is 5.11 Å². The highest BCUT2D eigenvalue weighted by Crippen LogP contribution is 2.19. The van der Waals surface area contributed by atoms with Crippen molar-refractivity contribution >= 4 is 34.2 Å². The first-order valence-corrected chi connectivity index (χ1v) is 9.86. The highest BCUT2D eigenvalue weighted by Gasteiger charge is 2.21. The van der Waals surface area contributed by atoms with Crippen LogP contribution in [0.2, 0.25) is 0 Å². The van der Waals surface area contributed by atoms with Crippen molar-refractivity contribution in [1.29, 1.82) is 0 Å². The maximum atomic E-state index is 13.0. The van der Waals surface area contributed by atoms with Crippen LogP contribution in [0.1, 0.15) is 24.8 Å². The van der Waals surface area contributed by atoms with Crippen LogP contribution in [0.3, 0.4) is 0 Å². The van der Waals surface area contributed by atoms with Crippen LogP contribution in [-0.2, 0) is 20.8 Å². The Morgan fingerprint density at radius 2 is 1.53 bits per heavy atom. The molecule has 0 saturated carbocycles. The smallest absolute Gasteiger partial charge is 0.303 e. The Morgan fingerprint density at radius 3 is 2.27 bits per heavy atom. The van der Waals surface area contributed by atoms with Crippen molar-refractivity contribution in [3.05, 3.63) is 78.4 Å². The minimum Gasteiger partial charge on any atom is -0.481 e. The fourth-order valence-electron chi connectivity index (χ4n) is 3.22. The molecule has 3 aromatic rings. The van der Waals surface area contributed by atoms with E-state index in [0.717, 1.165) is 16.3 Å². The summed E-state index contributed by atoms with van der Waals surface area (Å²) >= 11 is 0. The largest absolute Gasteiger partial charge is 0.481 e. The number of carbonyl (C=O) groups excluding carboxylic acids is 2. The number of fused-ring (bicyclic) bond motifs is 1. The van der Waals surface area contributed by atoms with Gasteiger partial charge in [0.2, 0.25) is 11.8 Å². The quantitative estimate of drug-likeness (QED) is 0.506. The van der Waals surface area contributed by atoms with Crippen LogP contribution in [0.25, 0.3) is 10.8 Å². The molecule has 0 spiro atoms. The number of carboxylic acids is 1. The van der Waals surface area contributed by atoms with E-state index in [1.54, 1.807) is 0 Å². The van der Waals surface area contributed by atoms with Crippen LogP contribution in [0.5, 0.6) is 0 Å². The van der Waals surface area contributed by atoms with E-state index in [1.807, 2.05) is 72.8 Å². The van der Waals surface area contributed by atoms with Crippen molar-refractivity contribution in [2.75, 3.05) is 5.32 Å². The molecule has 0 aliphatic rings. The van der Waals surface area contributed by atoms with Crippen LogP contribution >= 0.6 is 0 Å². The molecule has 30 heavy (non-hydrogen) atoms. The number of nitrogens with one attached hydrogen (secondary N) is 2. The van der Waals surface area contributed by atoms with Gasteiger partial charge in [-0.15, -0.1) is 0 Å². The van der Waals surface area contributed by atoms with E-state index in [1.165, 1.54) is 0 Å². The molecule has 0 aromatic heterocycles. The third-order valence-corrected chi connectivity index (χ3v) is 4.75. The second-order valence-electron chi connectivity index (χ2n) is 7.11. The van der Waals surface area contributed by atoms with Crippen molar-refractivity contribution in [1.82, 2.24) is 5.32 Å². The van der Waals surface area contributed by atoms with Gasteiger partial charge in [0, 0.05) is 24.9 Å². The zero-order valence-electron chi connectivity index (χ0n) is 16.5. The molecule has 0 aliphatic carbocycles. The molecule has 0 radical (unpaired) electrons. The van der Waals surface area contributed by atoms with Crippen molar-refractivity contribution in [2.45, 2.75) is 31.7 Å². The molecule has 2 amide bonds. The molecule has 0 aliphatic heterocycles. The first kappa shape index (κ1) is 21.0. The Bertz CT molecular complexity index is 1030. The molecule has 0 saturated heterocycles. The third-order valence-electron chi connectivity index (χ3n) is 4.75. The van der Waals surface area contributed by atoms with Gasteiger partial charge in [-0.05, 0) is 34.9 Å². The molecule has 3 N–H and O–H groups in total. The van der Waals surface area contributed by atoms with Crippen molar-refractivity contribution in [3.8, 4) is 0 Å². The normalized spacial score (nSPS) is 11.6. The zero-order valence-corrected chi connectivity index (χ0v) is 16.5. The summed E-state index contributed by atoms with van der Waals surface area (Å²) in [6.45, 7) is 0. The fraction of sp³-hybridized carbons (Fsp3) is 0.208. The Labute approximate surface area is 174 Å². The SMILES string of the molecule is O=C(O)CCCC(=O)NC(Cc1ccccc1)C(=O)Nc1ccc2ccccc2c1. The molecule has 0 fully saturated rings. The van der Waals surface area contributed by atoms with Gasteiger partial charge < -0.3 is 15.7 Å². The van der Waals surface area contributed by atoms with Gasteiger partial charge in [-0.25, -0.2) is 0 Å². The molecule has 6 heteroatoms. The van der Waals surface area contributed by atoms with Crippen LogP contribution in [0.15, 0.2) is 72.8 Å². The summed E-state index contributed by atoms with van der Waals surface area (Å²) in [5.41, 5.74) is 1.57. The van der Waals surface area contributed by atoms with Gasteiger partial charge in [0.1, 0.15) is 6.04 Å². The van der Waals surface area contributed by atoms with Gasteiger partial charge in [-0.2, -0.15) is 0 Å². The predicted molar refractivity (Wildman–Crippen MR) is 116 cm³/mol. The molecule has 6 nitrogen and oxygen atoms in total. The summed E-state index contributed by atoms with van der Waals surface area (Å²) < 4.78 is 0. The Hall–Kier alpha value is -3.67. The van der Waals surface area contributed by atoms with Gasteiger partial charge in [0.05, 0.1) is 0 Å². The monoisotopic (exact) mass is 404 g/mol. The number of benzene rings is 3. The Balaban J connectivity index is 1.71. The molecule has 0 bridgehead atoms. The average molecular weight is 404 g/mol. The summed E-state index contributed by atoms with van der Waals surface area (Å²) in [7, 11) is 0. The first-order valence-electron chi connectivity index (χ1n) is 9.86. The highest BCUT2D eigenvalue weighted by molar-refractivity contribution is 5.99. The molecule has 0 heterocycles. The van der Waals surface area contributed by atoms with Crippen LogP contribution in [0.4, 0.5) is 5.69 Å². The van der Waals surface area contributed by atoms with Gasteiger partial charge in [0.25, 0.3) is 0 Å². The summed E-state index contributed by atoms with van der Waals surface area (Å²) in [6.07, 6.45) is 0.539. The average Bonchev–Trinajstić information content (AvgIpc) is 2.73. The second kappa shape index (κ2) is 10.2. The number of hydrogen-bond acceptors (Lipinski definition) is 3. The number of rotatable bonds is 9. The molecule has 1 unspecified atom stereocenters. The van der Waals surface area contributed by atoms with Crippen LogP contribution in [-0.4, -0.2) is 28.9 Å².